The van der Waals surface area contributed by atoms with Crippen molar-refractivity contribution in [3.8, 4) is 0 Å². The zero-order valence-electron chi connectivity index (χ0n) is 10.5. The lowest BCUT2D eigenvalue weighted by molar-refractivity contribution is 0.533. The van der Waals surface area contributed by atoms with Crippen LogP contribution >= 0.6 is 15.9 Å². The average Bonchev–Trinajstić information content (AvgIpc) is 2.41. The number of nitrogens with one attached hydrogen (secondary N) is 1. The lowest BCUT2D eigenvalue weighted by Gasteiger charge is -2.18. The third-order valence-corrected chi connectivity index (χ3v) is 3.54. The molecular weight excluding hydrogens is 309 g/mol. The molecule has 1 atom stereocenters. The number of benzene rings is 1. The summed E-state index contributed by atoms with van der Waals surface area (Å²) in [5.74, 6) is -0.231. The molecule has 0 saturated carbocycles. The molecule has 100 valence electrons. The summed E-state index contributed by atoms with van der Waals surface area (Å²) in [7, 11) is 1.80. The van der Waals surface area contributed by atoms with E-state index in [1.165, 1.54) is 6.07 Å². The van der Waals surface area contributed by atoms with Crippen molar-refractivity contribution in [1.29, 1.82) is 0 Å². The van der Waals surface area contributed by atoms with Crippen molar-refractivity contribution >= 4 is 21.6 Å². The molecule has 1 aromatic heterocycles. The van der Waals surface area contributed by atoms with E-state index in [9.17, 15) is 4.39 Å². The molecule has 0 bridgehead atoms. The molecule has 0 amide bonds. The maximum Gasteiger partial charge on any atom is 0.128 e. The first-order valence-electron chi connectivity index (χ1n) is 5.92. The van der Waals surface area contributed by atoms with Crippen LogP contribution in [0.4, 0.5) is 10.1 Å². The highest BCUT2D eigenvalue weighted by atomic mass is 79.9. The van der Waals surface area contributed by atoms with Gasteiger partial charge in [-0.2, -0.15) is 0 Å². The van der Waals surface area contributed by atoms with E-state index in [-0.39, 0.29) is 11.9 Å². The zero-order chi connectivity index (χ0) is 13.8. The Morgan fingerprint density at radius 1 is 1.42 bits per heavy atom. The summed E-state index contributed by atoms with van der Waals surface area (Å²) < 4.78 is 14.8. The highest BCUT2D eigenvalue weighted by Gasteiger charge is 2.16. The number of hydrogen-bond donors (Lipinski definition) is 2. The van der Waals surface area contributed by atoms with Crippen LogP contribution in [0.3, 0.4) is 0 Å². The summed E-state index contributed by atoms with van der Waals surface area (Å²) in [5, 5.41) is 3.12. The standard InChI is InChI=1S/C14H15BrFN3/c1-18-14(6-9-8-19-5-4-13(9)17)11-7-10(15)2-3-12(11)16/h2-5,7-8,14,18H,6H2,1H3,(H2,17,19). The van der Waals surface area contributed by atoms with Crippen LogP contribution in [-0.2, 0) is 6.42 Å². The smallest absolute Gasteiger partial charge is 0.128 e. The Bertz CT molecular complexity index is 574. The van der Waals surface area contributed by atoms with Gasteiger partial charge in [-0.1, -0.05) is 15.9 Å². The summed E-state index contributed by atoms with van der Waals surface area (Å²) in [5.41, 5.74) is 8.09. The molecule has 0 aliphatic heterocycles. The quantitative estimate of drug-likeness (QED) is 0.909. The predicted octanol–water partition coefficient (Wildman–Crippen LogP) is 3.07. The van der Waals surface area contributed by atoms with Gasteiger partial charge in [0.05, 0.1) is 0 Å². The van der Waals surface area contributed by atoms with Gasteiger partial charge in [0.15, 0.2) is 0 Å². The van der Waals surface area contributed by atoms with Crippen molar-refractivity contribution in [1.82, 2.24) is 10.3 Å². The van der Waals surface area contributed by atoms with Gasteiger partial charge in [0, 0.05) is 34.2 Å². The molecule has 0 aliphatic carbocycles. The largest absolute Gasteiger partial charge is 0.398 e. The van der Waals surface area contributed by atoms with Crippen LogP contribution < -0.4 is 11.1 Å². The Kier molecular flexibility index (Phi) is 4.50. The van der Waals surface area contributed by atoms with Gasteiger partial charge in [-0.3, -0.25) is 4.98 Å². The minimum atomic E-state index is -0.231. The molecule has 0 saturated heterocycles. The number of aromatic nitrogens is 1. The molecule has 1 aromatic carbocycles. The molecule has 19 heavy (non-hydrogen) atoms. The lowest BCUT2D eigenvalue weighted by Crippen LogP contribution is -2.20. The van der Waals surface area contributed by atoms with Crippen molar-refractivity contribution < 1.29 is 4.39 Å². The van der Waals surface area contributed by atoms with Gasteiger partial charge >= 0.3 is 0 Å². The molecule has 0 aliphatic rings. The van der Waals surface area contributed by atoms with Crippen LogP contribution in [-0.4, -0.2) is 12.0 Å². The molecule has 1 unspecified atom stereocenters. The molecule has 0 spiro atoms. The Hall–Kier alpha value is -1.46. The van der Waals surface area contributed by atoms with E-state index in [1.54, 1.807) is 37.6 Å². The van der Waals surface area contributed by atoms with Gasteiger partial charge in [0.2, 0.25) is 0 Å². The van der Waals surface area contributed by atoms with Gasteiger partial charge in [-0.15, -0.1) is 0 Å². The van der Waals surface area contributed by atoms with E-state index >= 15 is 0 Å². The fourth-order valence-corrected chi connectivity index (χ4v) is 2.36. The highest BCUT2D eigenvalue weighted by Crippen LogP contribution is 2.25. The number of hydrogen-bond acceptors (Lipinski definition) is 3. The number of nitrogens with two attached hydrogens (primary N) is 1. The first kappa shape index (κ1) is 14.0. The summed E-state index contributed by atoms with van der Waals surface area (Å²) in [4.78, 5) is 4.06. The molecule has 3 nitrogen and oxygen atoms in total. The van der Waals surface area contributed by atoms with Gasteiger partial charge in [0.1, 0.15) is 5.82 Å². The summed E-state index contributed by atoms with van der Waals surface area (Å²) in [6.45, 7) is 0. The van der Waals surface area contributed by atoms with Crippen molar-refractivity contribution in [2.24, 2.45) is 0 Å². The number of nitrogens with zero attached hydrogens (tertiary/aromatic N) is 1. The normalized spacial score (nSPS) is 12.4. The Labute approximate surface area is 120 Å². The molecule has 0 fully saturated rings. The van der Waals surface area contributed by atoms with Gasteiger partial charge < -0.3 is 11.1 Å². The summed E-state index contributed by atoms with van der Waals surface area (Å²) >= 11 is 3.36. The third-order valence-electron chi connectivity index (χ3n) is 3.05. The minimum absolute atomic E-state index is 0.149. The zero-order valence-corrected chi connectivity index (χ0v) is 12.1. The van der Waals surface area contributed by atoms with Gasteiger partial charge in [-0.25, -0.2) is 4.39 Å². The Balaban J connectivity index is 2.30. The first-order valence-corrected chi connectivity index (χ1v) is 6.71. The van der Waals surface area contributed by atoms with Crippen molar-refractivity contribution in [2.75, 3.05) is 12.8 Å². The summed E-state index contributed by atoms with van der Waals surface area (Å²) in [6.07, 6.45) is 3.95. The average molecular weight is 324 g/mol. The van der Waals surface area contributed by atoms with E-state index in [0.29, 0.717) is 17.7 Å². The molecule has 2 rings (SSSR count). The van der Waals surface area contributed by atoms with E-state index in [4.69, 9.17) is 5.73 Å². The lowest BCUT2D eigenvalue weighted by atomic mass is 9.99. The van der Waals surface area contributed by atoms with Crippen molar-refractivity contribution in [3.05, 3.63) is 58.1 Å². The number of pyridine rings is 1. The van der Waals surface area contributed by atoms with Crippen LogP contribution in [0.25, 0.3) is 0 Å². The van der Waals surface area contributed by atoms with E-state index < -0.39 is 0 Å². The molecule has 5 heteroatoms. The Morgan fingerprint density at radius 2 is 2.21 bits per heavy atom. The second kappa shape index (κ2) is 6.12. The van der Waals surface area contributed by atoms with E-state index in [2.05, 4.69) is 26.2 Å². The predicted molar refractivity (Wildman–Crippen MR) is 78.3 cm³/mol. The fourth-order valence-electron chi connectivity index (χ4n) is 1.98. The summed E-state index contributed by atoms with van der Waals surface area (Å²) in [6, 6.07) is 6.52. The Morgan fingerprint density at radius 3 is 2.89 bits per heavy atom. The van der Waals surface area contributed by atoms with Crippen LogP contribution in [0.2, 0.25) is 0 Å². The molecule has 0 radical (unpaired) electrons. The van der Waals surface area contributed by atoms with Crippen LogP contribution in [0.1, 0.15) is 17.2 Å². The maximum absolute atomic E-state index is 13.9. The SMILES string of the molecule is CNC(Cc1cnccc1N)c1cc(Br)ccc1F. The number of halogens is 2. The third kappa shape index (κ3) is 3.30. The number of rotatable bonds is 4. The number of nitrogen functional groups attached to an aromatic ring is 1. The molecule has 3 N–H and O–H groups in total. The van der Waals surface area contributed by atoms with Gasteiger partial charge in [0.25, 0.3) is 0 Å². The molecule has 1 heterocycles. The van der Waals surface area contributed by atoms with E-state index in [0.717, 1.165) is 10.0 Å². The van der Waals surface area contributed by atoms with Crippen molar-refractivity contribution in [3.63, 3.8) is 0 Å². The van der Waals surface area contributed by atoms with Crippen LogP contribution in [0, 0.1) is 5.82 Å². The highest BCUT2D eigenvalue weighted by molar-refractivity contribution is 9.10. The van der Waals surface area contributed by atoms with Gasteiger partial charge in [-0.05, 0) is 43.3 Å². The number of anilines is 1. The monoisotopic (exact) mass is 323 g/mol. The topological polar surface area (TPSA) is 50.9 Å². The first-order chi connectivity index (χ1) is 9.11. The maximum atomic E-state index is 13.9. The van der Waals surface area contributed by atoms with Crippen molar-refractivity contribution in [2.45, 2.75) is 12.5 Å². The second-order valence-corrected chi connectivity index (χ2v) is 5.20. The number of likely N-dealkylation sites (N-methyl/N-ethyl adjacent to an activating group) is 1. The second-order valence-electron chi connectivity index (χ2n) is 4.29. The molecule has 2 aromatic rings. The van der Waals surface area contributed by atoms with E-state index in [1.807, 2.05) is 0 Å². The van der Waals surface area contributed by atoms with Crippen LogP contribution in [0.5, 0.6) is 0 Å². The fraction of sp³-hybridized carbons (Fsp3) is 0.214. The molecular formula is C14H15BrFN3. The van der Waals surface area contributed by atoms with Crippen LogP contribution in [0.15, 0.2) is 41.1 Å². The minimum Gasteiger partial charge on any atom is -0.398 e.